The van der Waals surface area contributed by atoms with Crippen LogP contribution in [0.3, 0.4) is 0 Å². The van der Waals surface area contributed by atoms with Gasteiger partial charge in [0, 0.05) is 17.8 Å². The Balaban J connectivity index is 4.10. The Morgan fingerprint density at radius 1 is 1.50 bits per heavy atom. The number of allylic oxidation sites excluding steroid dienone is 1. The molecule has 0 aromatic heterocycles. The van der Waals surface area contributed by atoms with E-state index in [0.717, 1.165) is 17.8 Å². The molecule has 1 nitrogen and oxygen atoms in total. The molecular weight excluding hydrogens is 146 g/mol. The zero-order valence-corrected chi connectivity index (χ0v) is 8.65. The summed E-state index contributed by atoms with van der Waals surface area (Å²) in [5.74, 6) is 0.678. The lowest BCUT2D eigenvalue weighted by atomic mass is 10.1. The standard InChI is InChI=1S/C11H19N/c1-6-9(3)8-12-11(5)10(4)7-2/h9H,2,6,8H2,1,3-5H3/b12-11-. The maximum atomic E-state index is 4.44. The highest BCUT2D eigenvalue weighted by Crippen LogP contribution is 2.02. The average molecular weight is 165 g/mol. The van der Waals surface area contributed by atoms with Crippen LogP contribution in [0.4, 0.5) is 0 Å². The zero-order valence-electron chi connectivity index (χ0n) is 8.65. The third-order valence-corrected chi connectivity index (χ3v) is 2.14. The summed E-state index contributed by atoms with van der Waals surface area (Å²) in [6.07, 6.45) is 1.19. The molecule has 1 atom stereocenters. The molecule has 0 saturated heterocycles. The number of nitrogens with zero attached hydrogens (tertiary/aromatic N) is 1. The molecule has 0 bridgehead atoms. The van der Waals surface area contributed by atoms with E-state index >= 15 is 0 Å². The fraction of sp³-hybridized carbons (Fsp3) is 0.636. The molecular formula is C11H19N. The van der Waals surface area contributed by atoms with Gasteiger partial charge in [-0.3, -0.25) is 4.99 Å². The van der Waals surface area contributed by atoms with Crippen molar-refractivity contribution in [3.63, 3.8) is 0 Å². The van der Waals surface area contributed by atoms with E-state index in [1.165, 1.54) is 6.42 Å². The second-order valence-electron chi connectivity index (χ2n) is 3.24. The first-order valence-corrected chi connectivity index (χ1v) is 4.49. The lowest BCUT2D eigenvalue weighted by molar-refractivity contribution is 0.577. The van der Waals surface area contributed by atoms with E-state index in [9.17, 15) is 0 Å². The van der Waals surface area contributed by atoms with Crippen LogP contribution in [0.5, 0.6) is 0 Å². The van der Waals surface area contributed by atoms with E-state index in [4.69, 9.17) is 0 Å². The molecule has 0 radical (unpaired) electrons. The number of hydrogen-bond donors (Lipinski definition) is 0. The van der Waals surface area contributed by atoms with Crippen molar-refractivity contribution in [1.29, 1.82) is 0 Å². The molecule has 1 heteroatoms. The van der Waals surface area contributed by atoms with Gasteiger partial charge < -0.3 is 0 Å². The molecule has 0 aliphatic rings. The van der Waals surface area contributed by atoms with E-state index in [2.05, 4.69) is 31.2 Å². The Morgan fingerprint density at radius 3 is 2.50 bits per heavy atom. The minimum atomic E-state index is 0.678. The zero-order chi connectivity index (χ0) is 9.56. The van der Waals surface area contributed by atoms with Crippen LogP contribution in [0, 0.1) is 5.92 Å². The SMILES string of the molecule is C=C=C(C)/C(C)=N\CC(C)CC. The van der Waals surface area contributed by atoms with Crippen molar-refractivity contribution >= 4 is 5.71 Å². The molecule has 0 spiro atoms. The third-order valence-electron chi connectivity index (χ3n) is 2.14. The normalized spacial score (nSPS) is 13.8. The van der Waals surface area contributed by atoms with Crippen molar-refractivity contribution in [2.24, 2.45) is 10.9 Å². The van der Waals surface area contributed by atoms with E-state index < -0.39 is 0 Å². The van der Waals surface area contributed by atoms with Crippen LogP contribution >= 0.6 is 0 Å². The Hall–Kier alpha value is -0.810. The van der Waals surface area contributed by atoms with Gasteiger partial charge in [-0.15, -0.1) is 5.73 Å². The highest BCUT2D eigenvalue weighted by atomic mass is 14.7. The predicted octanol–water partition coefficient (Wildman–Crippen LogP) is 3.22. The maximum Gasteiger partial charge on any atom is 0.0423 e. The van der Waals surface area contributed by atoms with Gasteiger partial charge in [-0.25, -0.2) is 0 Å². The quantitative estimate of drug-likeness (QED) is 0.448. The van der Waals surface area contributed by atoms with Crippen LogP contribution in [-0.4, -0.2) is 12.3 Å². The van der Waals surface area contributed by atoms with Gasteiger partial charge in [0.2, 0.25) is 0 Å². The van der Waals surface area contributed by atoms with Crippen molar-refractivity contribution in [2.45, 2.75) is 34.1 Å². The average Bonchev–Trinajstić information content (AvgIpc) is 2.11. The summed E-state index contributed by atoms with van der Waals surface area (Å²) in [6.45, 7) is 12.9. The third kappa shape index (κ3) is 4.15. The molecule has 68 valence electrons. The first-order valence-electron chi connectivity index (χ1n) is 4.49. The van der Waals surface area contributed by atoms with Crippen LogP contribution in [0.2, 0.25) is 0 Å². The summed E-state index contributed by atoms with van der Waals surface area (Å²) in [5.41, 5.74) is 4.96. The molecule has 0 aliphatic carbocycles. The fourth-order valence-corrected chi connectivity index (χ4v) is 0.668. The highest BCUT2D eigenvalue weighted by Gasteiger charge is 1.97. The number of hydrogen-bond acceptors (Lipinski definition) is 1. The molecule has 0 amide bonds. The molecule has 12 heavy (non-hydrogen) atoms. The summed E-state index contributed by atoms with van der Waals surface area (Å²) in [6, 6.07) is 0. The fourth-order valence-electron chi connectivity index (χ4n) is 0.668. The Labute approximate surface area is 75.9 Å². The van der Waals surface area contributed by atoms with Gasteiger partial charge >= 0.3 is 0 Å². The molecule has 0 saturated carbocycles. The van der Waals surface area contributed by atoms with Gasteiger partial charge in [-0.2, -0.15) is 0 Å². The minimum absolute atomic E-state index is 0.678. The van der Waals surface area contributed by atoms with Crippen LogP contribution in [-0.2, 0) is 0 Å². The van der Waals surface area contributed by atoms with Crippen molar-refractivity contribution in [1.82, 2.24) is 0 Å². The Kier molecular flexibility index (Phi) is 5.40. The number of aliphatic imine (C=N–C) groups is 1. The summed E-state index contributed by atoms with van der Waals surface area (Å²) in [4.78, 5) is 4.44. The van der Waals surface area contributed by atoms with Gasteiger partial charge in [0.05, 0.1) is 0 Å². The van der Waals surface area contributed by atoms with Crippen LogP contribution in [0.1, 0.15) is 34.1 Å². The lowest BCUT2D eigenvalue weighted by Gasteiger charge is -2.04. The molecule has 0 aromatic carbocycles. The summed E-state index contributed by atoms with van der Waals surface area (Å²) >= 11 is 0. The smallest absolute Gasteiger partial charge is 0.0423 e. The molecule has 0 aliphatic heterocycles. The van der Waals surface area contributed by atoms with E-state index in [0.29, 0.717) is 5.92 Å². The molecule has 0 rings (SSSR count). The first kappa shape index (κ1) is 11.2. The van der Waals surface area contributed by atoms with E-state index in [-0.39, 0.29) is 0 Å². The van der Waals surface area contributed by atoms with Crippen LogP contribution < -0.4 is 0 Å². The predicted molar refractivity (Wildman–Crippen MR) is 55.8 cm³/mol. The second kappa shape index (κ2) is 5.79. The summed E-state index contributed by atoms with van der Waals surface area (Å²) in [5, 5.41) is 0. The largest absolute Gasteiger partial charge is 0.289 e. The number of rotatable bonds is 4. The van der Waals surface area contributed by atoms with Crippen molar-refractivity contribution < 1.29 is 0 Å². The van der Waals surface area contributed by atoms with Crippen molar-refractivity contribution in [3.05, 3.63) is 17.9 Å². The van der Waals surface area contributed by atoms with Gasteiger partial charge in [0.15, 0.2) is 0 Å². The molecule has 1 unspecified atom stereocenters. The summed E-state index contributed by atoms with van der Waals surface area (Å²) in [7, 11) is 0. The van der Waals surface area contributed by atoms with E-state index in [1.54, 1.807) is 0 Å². The van der Waals surface area contributed by atoms with E-state index in [1.807, 2.05) is 13.8 Å². The van der Waals surface area contributed by atoms with Crippen molar-refractivity contribution in [2.75, 3.05) is 6.54 Å². The molecule has 0 N–H and O–H groups in total. The topological polar surface area (TPSA) is 12.4 Å². The molecule has 0 fully saturated rings. The van der Waals surface area contributed by atoms with Crippen LogP contribution in [0.25, 0.3) is 0 Å². The summed E-state index contributed by atoms with van der Waals surface area (Å²) < 4.78 is 0. The second-order valence-corrected chi connectivity index (χ2v) is 3.24. The van der Waals surface area contributed by atoms with Gasteiger partial charge in [-0.1, -0.05) is 26.8 Å². The first-order chi connectivity index (χ1) is 5.61. The van der Waals surface area contributed by atoms with Crippen LogP contribution in [0.15, 0.2) is 22.9 Å². The lowest BCUT2D eigenvalue weighted by Crippen LogP contribution is -2.01. The molecule has 0 aromatic rings. The molecule has 0 heterocycles. The maximum absolute atomic E-state index is 4.44. The minimum Gasteiger partial charge on any atom is -0.289 e. The van der Waals surface area contributed by atoms with Gasteiger partial charge in [0.1, 0.15) is 0 Å². The Bertz CT molecular complexity index is 207. The van der Waals surface area contributed by atoms with Crippen molar-refractivity contribution in [3.8, 4) is 0 Å². The highest BCUT2D eigenvalue weighted by molar-refractivity contribution is 5.97. The Morgan fingerprint density at radius 2 is 2.08 bits per heavy atom. The monoisotopic (exact) mass is 165 g/mol. The van der Waals surface area contributed by atoms with Gasteiger partial charge in [0.25, 0.3) is 0 Å². The van der Waals surface area contributed by atoms with Gasteiger partial charge in [-0.05, 0) is 19.8 Å².